The summed E-state index contributed by atoms with van der Waals surface area (Å²) in [4.78, 5) is 3.82. The van der Waals surface area contributed by atoms with Gasteiger partial charge in [-0.3, -0.25) is 0 Å². The van der Waals surface area contributed by atoms with E-state index in [0.717, 1.165) is 12.8 Å². The lowest BCUT2D eigenvalue weighted by Gasteiger charge is -2.30. The van der Waals surface area contributed by atoms with Crippen molar-refractivity contribution in [2.45, 2.75) is 18.3 Å². The van der Waals surface area contributed by atoms with Gasteiger partial charge in [-0.25, -0.2) is 0 Å². The Bertz CT molecular complexity index is 1580. The summed E-state index contributed by atoms with van der Waals surface area (Å²) in [6, 6.07) is 31.9. The van der Waals surface area contributed by atoms with E-state index >= 15 is 0 Å². The van der Waals surface area contributed by atoms with Crippen molar-refractivity contribution >= 4 is 17.0 Å². The predicted octanol–water partition coefficient (Wildman–Crippen LogP) is 7.47. The molecule has 8 rings (SSSR count). The molecule has 3 aliphatic carbocycles. The Kier molecular flexibility index (Phi) is 2.99. The van der Waals surface area contributed by atoms with Crippen molar-refractivity contribution < 1.29 is 0 Å². The molecule has 1 heterocycles. The van der Waals surface area contributed by atoms with Crippen molar-refractivity contribution in [3.63, 3.8) is 0 Å². The summed E-state index contributed by atoms with van der Waals surface area (Å²) in [6.45, 7) is 0. The number of hydrogen-bond donors (Lipinski definition) is 1. The lowest BCUT2D eigenvalue weighted by Crippen LogP contribution is -2.25. The number of fused-ring (bicyclic) bond motifs is 14. The second kappa shape index (κ2) is 5.69. The number of rotatable bonds is 0. The molecule has 1 aromatic heterocycles. The van der Waals surface area contributed by atoms with Gasteiger partial charge in [0.1, 0.15) is 0 Å². The lowest BCUT2D eigenvalue weighted by atomic mass is 9.70. The standard InChI is InChI=1S/C31H21N/c1-5-13-24-19(9-1)20-10-2-6-14-25(20)31(24)26-15-7-3-12-23(26)29-27(31)18-17-22-21-11-4-8-16-28(21)32-30(22)29/h1-3,5-10,12-18,32H,4,11H2. The van der Waals surface area contributed by atoms with Gasteiger partial charge in [0.2, 0.25) is 0 Å². The number of aromatic nitrogens is 1. The van der Waals surface area contributed by atoms with Gasteiger partial charge in [0.25, 0.3) is 0 Å². The number of H-pyrrole nitrogens is 1. The highest BCUT2D eigenvalue weighted by molar-refractivity contribution is 6.06. The van der Waals surface area contributed by atoms with Crippen molar-refractivity contribution in [2.24, 2.45) is 0 Å². The molecular weight excluding hydrogens is 386 g/mol. The number of aryl methyl sites for hydroxylation is 1. The highest BCUT2D eigenvalue weighted by atomic mass is 14.7. The van der Waals surface area contributed by atoms with Gasteiger partial charge < -0.3 is 4.98 Å². The number of benzene rings is 4. The highest BCUT2D eigenvalue weighted by Crippen LogP contribution is 2.63. The quantitative estimate of drug-likeness (QED) is 0.268. The van der Waals surface area contributed by atoms with Crippen molar-refractivity contribution in [1.82, 2.24) is 4.98 Å². The van der Waals surface area contributed by atoms with Crippen molar-refractivity contribution in [3.05, 3.63) is 125 Å². The monoisotopic (exact) mass is 407 g/mol. The zero-order chi connectivity index (χ0) is 20.9. The van der Waals surface area contributed by atoms with Gasteiger partial charge in [-0.05, 0) is 63.4 Å². The summed E-state index contributed by atoms with van der Waals surface area (Å²) >= 11 is 0. The van der Waals surface area contributed by atoms with Gasteiger partial charge in [0.05, 0.1) is 10.9 Å². The Morgan fingerprint density at radius 1 is 0.625 bits per heavy atom. The summed E-state index contributed by atoms with van der Waals surface area (Å²) in [5.41, 5.74) is 14.9. The van der Waals surface area contributed by atoms with Gasteiger partial charge in [0, 0.05) is 16.6 Å². The summed E-state index contributed by atoms with van der Waals surface area (Å²) in [7, 11) is 0. The molecule has 1 nitrogen and oxygen atoms in total. The first-order chi connectivity index (χ1) is 15.9. The van der Waals surface area contributed by atoms with Crippen LogP contribution in [0.25, 0.3) is 39.2 Å². The third kappa shape index (κ3) is 1.75. The minimum Gasteiger partial charge on any atom is -0.354 e. The number of nitrogens with one attached hydrogen (secondary N) is 1. The summed E-state index contributed by atoms with van der Waals surface area (Å²) in [5.74, 6) is 0. The molecule has 0 aliphatic heterocycles. The molecule has 0 bridgehead atoms. The second-order valence-electron chi connectivity index (χ2n) is 9.26. The van der Waals surface area contributed by atoms with Crippen LogP contribution in [0.2, 0.25) is 0 Å². The van der Waals surface area contributed by atoms with Gasteiger partial charge >= 0.3 is 0 Å². The maximum absolute atomic E-state index is 3.82. The largest absolute Gasteiger partial charge is 0.354 e. The van der Waals surface area contributed by atoms with Crippen LogP contribution in [0.5, 0.6) is 0 Å². The molecule has 1 heteroatoms. The molecule has 1 spiro atoms. The van der Waals surface area contributed by atoms with Crippen LogP contribution in [-0.2, 0) is 11.8 Å². The third-order valence-corrected chi connectivity index (χ3v) is 7.92. The maximum atomic E-state index is 3.82. The van der Waals surface area contributed by atoms with Crippen LogP contribution in [-0.4, -0.2) is 4.98 Å². The van der Waals surface area contributed by atoms with Crippen molar-refractivity contribution in [2.75, 3.05) is 0 Å². The highest BCUT2D eigenvalue weighted by Gasteiger charge is 2.52. The molecule has 3 aliphatic rings. The summed E-state index contributed by atoms with van der Waals surface area (Å²) in [6.07, 6.45) is 6.79. The molecule has 0 atom stereocenters. The number of allylic oxidation sites excluding steroid dienone is 1. The van der Waals surface area contributed by atoms with E-state index < -0.39 is 0 Å². The molecular formula is C31H21N. The van der Waals surface area contributed by atoms with E-state index in [-0.39, 0.29) is 5.41 Å². The van der Waals surface area contributed by atoms with E-state index in [1.54, 1.807) is 0 Å². The summed E-state index contributed by atoms with van der Waals surface area (Å²) in [5, 5.41) is 1.38. The molecule has 0 saturated heterocycles. The Morgan fingerprint density at radius 3 is 1.97 bits per heavy atom. The second-order valence-corrected chi connectivity index (χ2v) is 9.26. The molecule has 0 fully saturated rings. The minimum atomic E-state index is -0.255. The van der Waals surface area contributed by atoms with E-state index in [4.69, 9.17) is 0 Å². The Labute approximate surface area is 187 Å². The summed E-state index contributed by atoms with van der Waals surface area (Å²) < 4.78 is 0. The smallest absolute Gasteiger partial charge is 0.0726 e. The first-order valence-electron chi connectivity index (χ1n) is 11.5. The SMILES string of the molecule is C1=Cc2[nH]c3c4c(ccc3c2CC1)C1(c2ccccc2-c2ccccc21)c1ccccc1-4. The average molecular weight is 408 g/mol. The first-order valence-corrected chi connectivity index (χ1v) is 11.5. The van der Waals surface area contributed by atoms with Crippen molar-refractivity contribution in [1.29, 1.82) is 0 Å². The Hall–Kier alpha value is -3.84. The van der Waals surface area contributed by atoms with Crippen LogP contribution in [0.15, 0.2) is 91.0 Å². The van der Waals surface area contributed by atoms with Gasteiger partial charge in [-0.1, -0.05) is 91.0 Å². The predicted molar refractivity (Wildman–Crippen MR) is 132 cm³/mol. The third-order valence-electron chi connectivity index (χ3n) is 7.92. The van der Waals surface area contributed by atoms with E-state index in [1.165, 1.54) is 66.7 Å². The fourth-order valence-corrected chi connectivity index (χ4v) is 6.76. The molecule has 0 unspecified atom stereocenters. The topological polar surface area (TPSA) is 15.8 Å². The van der Waals surface area contributed by atoms with Crippen LogP contribution >= 0.6 is 0 Å². The van der Waals surface area contributed by atoms with Crippen LogP contribution in [0.1, 0.15) is 39.9 Å². The zero-order valence-electron chi connectivity index (χ0n) is 17.7. The van der Waals surface area contributed by atoms with Gasteiger partial charge in [-0.15, -0.1) is 0 Å². The average Bonchev–Trinajstić information content (AvgIpc) is 3.48. The van der Waals surface area contributed by atoms with E-state index in [9.17, 15) is 0 Å². The van der Waals surface area contributed by atoms with E-state index in [0.29, 0.717) is 0 Å². The number of hydrogen-bond acceptors (Lipinski definition) is 0. The fourth-order valence-electron chi connectivity index (χ4n) is 6.76. The Balaban J connectivity index is 1.59. The van der Waals surface area contributed by atoms with Crippen LogP contribution < -0.4 is 0 Å². The normalized spacial score (nSPS) is 16.0. The van der Waals surface area contributed by atoms with E-state index in [2.05, 4.69) is 102 Å². The molecule has 0 amide bonds. The first kappa shape index (κ1) is 16.8. The van der Waals surface area contributed by atoms with Gasteiger partial charge in [-0.2, -0.15) is 0 Å². The molecule has 32 heavy (non-hydrogen) atoms. The number of aromatic amines is 1. The Morgan fingerprint density at radius 2 is 1.25 bits per heavy atom. The molecule has 1 N–H and O–H groups in total. The maximum Gasteiger partial charge on any atom is 0.0726 e. The van der Waals surface area contributed by atoms with E-state index in [1.807, 2.05) is 0 Å². The molecule has 5 aromatic rings. The van der Waals surface area contributed by atoms with Crippen molar-refractivity contribution in [3.8, 4) is 22.3 Å². The minimum absolute atomic E-state index is 0.255. The molecule has 0 radical (unpaired) electrons. The zero-order valence-corrected chi connectivity index (χ0v) is 17.7. The van der Waals surface area contributed by atoms with Crippen LogP contribution in [0, 0.1) is 0 Å². The lowest BCUT2D eigenvalue weighted by molar-refractivity contribution is 0.794. The van der Waals surface area contributed by atoms with Crippen LogP contribution in [0.3, 0.4) is 0 Å². The molecule has 4 aromatic carbocycles. The molecule has 0 saturated carbocycles. The van der Waals surface area contributed by atoms with Gasteiger partial charge in [0.15, 0.2) is 0 Å². The fraction of sp³-hybridized carbons (Fsp3) is 0.0968. The molecule has 150 valence electrons. The van der Waals surface area contributed by atoms with Crippen LogP contribution in [0.4, 0.5) is 0 Å².